The van der Waals surface area contributed by atoms with Gasteiger partial charge in [-0.25, -0.2) is 0 Å². The second-order valence-corrected chi connectivity index (χ2v) is 4.82. The third-order valence-corrected chi connectivity index (χ3v) is 3.54. The van der Waals surface area contributed by atoms with Gasteiger partial charge in [0.1, 0.15) is 0 Å². The van der Waals surface area contributed by atoms with Crippen molar-refractivity contribution >= 4 is 5.91 Å². The van der Waals surface area contributed by atoms with E-state index >= 15 is 0 Å². The molecule has 0 N–H and O–H groups in total. The Morgan fingerprint density at radius 2 is 1.95 bits per heavy atom. The lowest BCUT2D eigenvalue weighted by atomic mass is 10.1. The first-order chi connectivity index (χ1) is 9.26. The Kier molecular flexibility index (Phi) is 4.85. The van der Waals surface area contributed by atoms with Gasteiger partial charge in [0.15, 0.2) is 5.76 Å². The average Bonchev–Trinajstić information content (AvgIpc) is 2.47. The van der Waals surface area contributed by atoms with Crippen LogP contribution in [0.4, 0.5) is 0 Å². The van der Waals surface area contributed by atoms with E-state index in [9.17, 15) is 4.79 Å². The first kappa shape index (κ1) is 13.9. The average molecular weight is 266 g/mol. The topological polar surface area (TPSA) is 42.0 Å². The van der Waals surface area contributed by atoms with Gasteiger partial charge in [0.05, 0.1) is 20.8 Å². The summed E-state index contributed by atoms with van der Waals surface area (Å²) in [7, 11) is 3.14. The van der Waals surface area contributed by atoms with Crippen LogP contribution in [0, 0.1) is 0 Å². The number of methoxy groups -OCH3 is 2. The van der Waals surface area contributed by atoms with E-state index in [0.29, 0.717) is 24.7 Å². The van der Waals surface area contributed by atoms with Crippen LogP contribution in [0.5, 0.6) is 0 Å². The molecule has 2 aliphatic rings. The van der Waals surface area contributed by atoms with Gasteiger partial charge in [0.25, 0.3) is 0 Å². The summed E-state index contributed by atoms with van der Waals surface area (Å²) >= 11 is 0. The van der Waals surface area contributed by atoms with E-state index in [4.69, 9.17) is 9.47 Å². The lowest BCUT2D eigenvalue weighted by Gasteiger charge is -2.31. The summed E-state index contributed by atoms with van der Waals surface area (Å²) in [6.07, 6.45) is 7.39. The molecule has 0 bridgehead atoms. The van der Waals surface area contributed by atoms with Gasteiger partial charge in [-0.3, -0.25) is 14.6 Å². The lowest BCUT2D eigenvalue weighted by molar-refractivity contribution is -0.133. The van der Waals surface area contributed by atoms with E-state index in [1.807, 2.05) is 12.2 Å². The second-order valence-electron chi connectivity index (χ2n) is 4.82. The highest BCUT2D eigenvalue weighted by Gasteiger charge is 2.26. The van der Waals surface area contributed by atoms with Crippen LogP contribution >= 0.6 is 0 Å². The van der Waals surface area contributed by atoms with E-state index in [1.54, 1.807) is 19.1 Å². The number of carbonyl (C=O) groups is 1. The van der Waals surface area contributed by atoms with Crippen LogP contribution in [0.1, 0.15) is 19.3 Å². The molecule has 0 saturated carbocycles. The van der Waals surface area contributed by atoms with Gasteiger partial charge in [0, 0.05) is 6.54 Å². The van der Waals surface area contributed by atoms with Crippen LogP contribution in [0.15, 0.2) is 23.8 Å². The highest BCUT2D eigenvalue weighted by Crippen LogP contribution is 2.19. The maximum atomic E-state index is 12.4. The number of amides is 1. The SMILES string of the molecule is COC1=C(OC)N(C(=O)CN2CCCCC2)CC=C1. The van der Waals surface area contributed by atoms with Crippen LogP contribution < -0.4 is 0 Å². The van der Waals surface area contributed by atoms with Crippen molar-refractivity contribution in [2.45, 2.75) is 19.3 Å². The highest BCUT2D eigenvalue weighted by atomic mass is 16.5. The fraction of sp³-hybridized carbons (Fsp3) is 0.643. The van der Waals surface area contributed by atoms with Crippen LogP contribution in [-0.4, -0.2) is 56.1 Å². The van der Waals surface area contributed by atoms with Gasteiger partial charge in [-0.05, 0) is 32.0 Å². The number of hydrogen-bond donors (Lipinski definition) is 0. The molecule has 5 nitrogen and oxygen atoms in total. The zero-order valence-corrected chi connectivity index (χ0v) is 11.7. The predicted molar refractivity (Wildman–Crippen MR) is 72.2 cm³/mol. The van der Waals surface area contributed by atoms with Gasteiger partial charge in [-0.15, -0.1) is 0 Å². The normalized spacial score (nSPS) is 20.6. The van der Waals surface area contributed by atoms with Crippen molar-refractivity contribution < 1.29 is 14.3 Å². The summed E-state index contributed by atoms with van der Waals surface area (Å²) < 4.78 is 10.5. The molecule has 0 radical (unpaired) electrons. The molecular weight excluding hydrogens is 244 g/mol. The fourth-order valence-corrected chi connectivity index (χ4v) is 2.53. The van der Waals surface area contributed by atoms with Crippen LogP contribution in [0.3, 0.4) is 0 Å². The van der Waals surface area contributed by atoms with E-state index < -0.39 is 0 Å². The van der Waals surface area contributed by atoms with Gasteiger partial charge in [-0.2, -0.15) is 0 Å². The van der Waals surface area contributed by atoms with Gasteiger partial charge >= 0.3 is 0 Å². The number of piperidine rings is 1. The Morgan fingerprint density at radius 3 is 2.58 bits per heavy atom. The Labute approximate surface area is 114 Å². The maximum absolute atomic E-state index is 12.4. The third-order valence-electron chi connectivity index (χ3n) is 3.54. The molecular formula is C14H22N2O3. The van der Waals surface area contributed by atoms with Crippen LogP contribution in [0.2, 0.25) is 0 Å². The van der Waals surface area contributed by atoms with Crippen molar-refractivity contribution in [2.24, 2.45) is 0 Å². The van der Waals surface area contributed by atoms with E-state index in [1.165, 1.54) is 19.3 Å². The summed E-state index contributed by atoms with van der Waals surface area (Å²) in [6.45, 7) is 3.03. The number of likely N-dealkylation sites (tertiary alicyclic amines) is 1. The van der Waals surface area contributed by atoms with Crippen molar-refractivity contribution in [1.29, 1.82) is 0 Å². The molecule has 19 heavy (non-hydrogen) atoms. The highest BCUT2D eigenvalue weighted by molar-refractivity contribution is 5.80. The molecule has 1 amide bonds. The molecule has 0 aromatic heterocycles. The predicted octanol–water partition coefficient (Wildman–Crippen LogP) is 1.33. The van der Waals surface area contributed by atoms with Crippen molar-refractivity contribution in [3.05, 3.63) is 23.8 Å². The van der Waals surface area contributed by atoms with E-state index in [-0.39, 0.29) is 5.91 Å². The molecule has 2 rings (SSSR count). The van der Waals surface area contributed by atoms with Crippen molar-refractivity contribution in [2.75, 3.05) is 40.4 Å². The van der Waals surface area contributed by atoms with E-state index in [0.717, 1.165) is 13.1 Å². The number of ether oxygens (including phenoxy) is 2. The molecule has 0 aliphatic carbocycles. The molecule has 0 aromatic carbocycles. The minimum Gasteiger partial charge on any atom is -0.491 e. The van der Waals surface area contributed by atoms with Gasteiger partial charge < -0.3 is 9.47 Å². The maximum Gasteiger partial charge on any atom is 0.243 e. The van der Waals surface area contributed by atoms with Gasteiger partial charge in [-0.1, -0.05) is 12.5 Å². The number of allylic oxidation sites excluding steroid dienone is 1. The summed E-state index contributed by atoms with van der Waals surface area (Å²) in [5.41, 5.74) is 0. The molecule has 1 saturated heterocycles. The fourth-order valence-electron chi connectivity index (χ4n) is 2.53. The molecule has 0 spiro atoms. The molecule has 106 valence electrons. The lowest BCUT2D eigenvalue weighted by Crippen LogP contribution is -2.43. The second kappa shape index (κ2) is 6.61. The first-order valence-electron chi connectivity index (χ1n) is 6.77. The molecule has 5 heteroatoms. The van der Waals surface area contributed by atoms with Crippen LogP contribution in [0.25, 0.3) is 0 Å². The minimum absolute atomic E-state index is 0.0673. The molecule has 0 aromatic rings. The Balaban J connectivity index is 2.01. The number of nitrogens with zero attached hydrogens (tertiary/aromatic N) is 2. The van der Waals surface area contributed by atoms with Gasteiger partial charge in [0.2, 0.25) is 11.8 Å². The van der Waals surface area contributed by atoms with Crippen molar-refractivity contribution in [3.63, 3.8) is 0 Å². The summed E-state index contributed by atoms with van der Waals surface area (Å²) in [5.74, 6) is 1.17. The number of rotatable bonds is 4. The van der Waals surface area contributed by atoms with Crippen molar-refractivity contribution in [1.82, 2.24) is 9.80 Å². The largest absolute Gasteiger partial charge is 0.491 e. The van der Waals surface area contributed by atoms with Crippen LogP contribution in [-0.2, 0) is 14.3 Å². The number of carbonyl (C=O) groups excluding carboxylic acids is 1. The summed E-state index contributed by atoms with van der Waals surface area (Å²) in [4.78, 5) is 16.2. The molecule has 0 unspecified atom stereocenters. The van der Waals surface area contributed by atoms with E-state index in [2.05, 4.69) is 4.90 Å². The zero-order valence-electron chi connectivity index (χ0n) is 11.7. The summed E-state index contributed by atoms with van der Waals surface area (Å²) in [6, 6.07) is 0. The standard InChI is InChI=1S/C14H22N2O3/c1-18-12-7-6-10-16(14(12)19-2)13(17)11-15-8-4-3-5-9-15/h6-7H,3-5,8-11H2,1-2H3. The Bertz CT molecular complexity index is 384. The smallest absolute Gasteiger partial charge is 0.243 e. The minimum atomic E-state index is 0.0673. The zero-order chi connectivity index (χ0) is 13.7. The molecule has 0 atom stereocenters. The first-order valence-corrected chi connectivity index (χ1v) is 6.77. The Hall–Kier alpha value is -1.49. The Morgan fingerprint density at radius 1 is 1.21 bits per heavy atom. The molecule has 1 fully saturated rings. The molecule has 2 heterocycles. The quantitative estimate of drug-likeness (QED) is 0.770. The monoisotopic (exact) mass is 266 g/mol. The summed E-state index contributed by atoms with van der Waals surface area (Å²) in [5, 5.41) is 0. The number of hydrogen-bond acceptors (Lipinski definition) is 4. The molecule has 2 aliphatic heterocycles. The van der Waals surface area contributed by atoms with Crippen molar-refractivity contribution in [3.8, 4) is 0 Å². The third kappa shape index (κ3) is 3.29.